The highest BCUT2D eigenvalue weighted by molar-refractivity contribution is 6.30. The Morgan fingerprint density at radius 3 is 2.65 bits per heavy atom. The Hall–Kier alpha value is -2.68. The van der Waals surface area contributed by atoms with E-state index in [0.29, 0.717) is 34.0 Å². The lowest BCUT2D eigenvalue weighted by atomic mass is 10.2. The number of anilines is 1. The standard InChI is InChI=1S/C16H12ClF3N2O4/c1-8(22-6-9(16(18,19)20)4-11(17)15(22)24)14(23)21-10-2-3-12-13(5-10)26-7-25-12/h2-6,8H,7H2,1H3,(H,21,23)/t8-/m1/s1. The number of carbonyl (C=O) groups excluding carboxylic acids is 1. The first-order valence-corrected chi connectivity index (χ1v) is 7.74. The number of alkyl halides is 3. The second-order valence-electron chi connectivity index (χ2n) is 5.52. The molecule has 0 aliphatic carbocycles. The first-order chi connectivity index (χ1) is 12.2. The van der Waals surface area contributed by atoms with Crippen LogP contribution in [0.4, 0.5) is 18.9 Å². The molecule has 2 aromatic rings. The van der Waals surface area contributed by atoms with Crippen LogP contribution in [0.5, 0.6) is 11.5 Å². The number of fused-ring (bicyclic) bond motifs is 1. The SMILES string of the molecule is C[C@H](C(=O)Nc1ccc2c(c1)OCO2)n1cc(C(F)(F)F)cc(Cl)c1=O. The largest absolute Gasteiger partial charge is 0.454 e. The number of ether oxygens (including phenoxy) is 2. The van der Waals surface area contributed by atoms with E-state index in [1.807, 2.05) is 0 Å². The van der Waals surface area contributed by atoms with Crippen molar-refractivity contribution in [2.45, 2.75) is 19.1 Å². The Morgan fingerprint density at radius 1 is 1.27 bits per heavy atom. The van der Waals surface area contributed by atoms with Gasteiger partial charge in [0, 0.05) is 18.0 Å². The summed E-state index contributed by atoms with van der Waals surface area (Å²) in [6.07, 6.45) is -4.13. The number of halogens is 4. The molecule has 0 unspecified atom stereocenters. The highest BCUT2D eigenvalue weighted by atomic mass is 35.5. The fourth-order valence-electron chi connectivity index (χ4n) is 2.36. The topological polar surface area (TPSA) is 69.6 Å². The highest BCUT2D eigenvalue weighted by Gasteiger charge is 2.33. The summed E-state index contributed by atoms with van der Waals surface area (Å²) in [6, 6.07) is 3.93. The minimum absolute atomic E-state index is 0.0568. The van der Waals surface area contributed by atoms with Gasteiger partial charge in [-0.2, -0.15) is 13.2 Å². The summed E-state index contributed by atoms with van der Waals surface area (Å²) in [4.78, 5) is 24.4. The van der Waals surface area contributed by atoms with E-state index in [1.165, 1.54) is 13.0 Å². The zero-order valence-electron chi connectivity index (χ0n) is 13.3. The number of benzene rings is 1. The van der Waals surface area contributed by atoms with Gasteiger partial charge in [-0.25, -0.2) is 0 Å². The quantitative estimate of drug-likeness (QED) is 0.874. The predicted molar refractivity (Wildman–Crippen MR) is 86.6 cm³/mol. The molecule has 0 bridgehead atoms. The highest BCUT2D eigenvalue weighted by Crippen LogP contribution is 2.34. The molecule has 1 amide bonds. The van der Waals surface area contributed by atoms with Gasteiger partial charge in [0.1, 0.15) is 11.1 Å². The van der Waals surface area contributed by atoms with E-state index < -0.39 is 34.3 Å². The first kappa shape index (κ1) is 18.1. The molecule has 3 rings (SSSR count). The Bertz CT molecular complexity index is 927. The van der Waals surface area contributed by atoms with Crippen LogP contribution in [0.15, 0.2) is 35.3 Å². The molecule has 6 nitrogen and oxygen atoms in total. The van der Waals surface area contributed by atoms with Gasteiger partial charge in [-0.15, -0.1) is 0 Å². The summed E-state index contributed by atoms with van der Waals surface area (Å²) < 4.78 is 49.7. The van der Waals surface area contributed by atoms with Crippen molar-refractivity contribution in [3.8, 4) is 11.5 Å². The number of nitrogens with one attached hydrogen (secondary N) is 1. The van der Waals surface area contributed by atoms with Crippen LogP contribution in [-0.2, 0) is 11.0 Å². The summed E-state index contributed by atoms with van der Waals surface area (Å²) in [7, 11) is 0. The van der Waals surface area contributed by atoms with Crippen LogP contribution in [0.2, 0.25) is 5.02 Å². The van der Waals surface area contributed by atoms with Crippen molar-refractivity contribution in [3.63, 3.8) is 0 Å². The zero-order valence-corrected chi connectivity index (χ0v) is 14.0. The summed E-state index contributed by atoms with van der Waals surface area (Å²) >= 11 is 5.60. The summed E-state index contributed by atoms with van der Waals surface area (Å²) in [5.41, 5.74) is -1.67. The van der Waals surface area contributed by atoms with Crippen LogP contribution < -0.4 is 20.3 Å². The summed E-state index contributed by atoms with van der Waals surface area (Å²) in [6.45, 7) is 1.35. The number of hydrogen-bond acceptors (Lipinski definition) is 4. The van der Waals surface area contributed by atoms with Crippen molar-refractivity contribution >= 4 is 23.2 Å². The molecule has 138 valence electrons. The van der Waals surface area contributed by atoms with Gasteiger partial charge >= 0.3 is 6.18 Å². The van der Waals surface area contributed by atoms with Crippen LogP contribution >= 0.6 is 11.6 Å². The van der Waals surface area contributed by atoms with E-state index in [1.54, 1.807) is 12.1 Å². The number of hydrogen-bond donors (Lipinski definition) is 1. The zero-order chi connectivity index (χ0) is 19.1. The minimum atomic E-state index is -4.70. The Morgan fingerprint density at radius 2 is 1.96 bits per heavy atom. The minimum Gasteiger partial charge on any atom is -0.454 e. The van der Waals surface area contributed by atoms with Crippen LogP contribution in [-0.4, -0.2) is 17.3 Å². The normalized spacial score (nSPS) is 14.2. The third-order valence-electron chi connectivity index (χ3n) is 3.76. The molecule has 1 aromatic heterocycles. The molecular formula is C16H12ClF3N2O4. The molecule has 0 radical (unpaired) electrons. The molecule has 0 saturated carbocycles. The number of pyridine rings is 1. The van der Waals surface area contributed by atoms with Gasteiger partial charge in [-0.1, -0.05) is 11.6 Å². The van der Waals surface area contributed by atoms with Gasteiger partial charge in [0.25, 0.3) is 5.56 Å². The number of amides is 1. The van der Waals surface area contributed by atoms with Crippen molar-refractivity contribution < 1.29 is 27.4 Å². The van der Waals surface area contributed by atoms with E-state index in [2.05, 4.69) is 5.32 Å². The number of aromatic nitrogens is 1. The summed E-state index contributed by atoms with van der Waals surface area (Å²) in [5, 5.41) is 1.89. The van der Waals surface area contributed by atoms with Gasteiger partial charge in [0.2, 0.25) is 12.7 Å². The van der Waals surface area contributed by atoms with E-state index in [-0.39, 0.29) is 6.79 Å². The van der Waals surface area contributed by atoms with Crippen molar-refractivity contribution in [3.05, 3.63) is 51.4 Å². The van der Waals surface area contributed by atoms with Gasteiger partial charge in [0.15, 0.2) is 11.5 Å². The van der Waals surface area contributed by atoms with E-state index >= 15 is 0 Å². The summed E-state index contributed by atoms with van der Waals surface area (Å²) in [5.74, 6) is 0.244. The third-order valence-corrected chi connectivity index (χ3v) is 4.03. The molecule has 1 aliphatic heterocycles. The molecule has 1 aliphatic rings. The van der Waals surface area contributed by atoms with Gasteiger partial charge in [-0.3, -0.25) is 9.59 Å². The molecule has 0 fully saturated rings. The Kier molecular flexibility index (Phi) is 4.57. The maximum Gasteiger partial charge on any atom is 0.417 e. The smallest absolute Gasteiger partial charge is 0.417 e. The van der Waals surface area contributed by atoms with Crippen molar-refractivity contribution in [1.29, 1.82) is 0 Å². The molecule has 1 N–H and O–H groups in total. The van der Waals surface area contributed by atoms with Gasteiger partial charge in [-0.05, 0) is 25.1 Å². The Labute approximate surface area is 150 Å². The van der Waals surface area contributed by atoms with E-state index in [9.17, 15) is 22.8 Å². The molecule has 1 aromatic carbocycles. The third kappa shape index (κ3) is 3.48. The lowest BCUT2D eigenvalue weighted by molar-refractivity contribution is -0.138. The first-order valence-electron chi connectivity index (χ1n) is 7.36. The molecule has 0 saturated heterocycles. The molecule has 1 atom stereocenters. The lowest BCUT2D eigenvalue weighted by Crippen LogP contribution is -2.32. The molecule has 10 heteroatoms. The average Bonchev–Trinajstić information content (AvgIpc) is 3.03. The maximum absolute atomic E-state index is 12.9. The van der Waals surface area contributed by atoms with E-state index in [4.69, 9.17) is 21.1 Å². The van der Waals surface area contributed by atoms with Crippen LogP contribution in [0.3, 0.4) is 0 Å². The van der Waals surface area contributed by atoms with Crippen LogP contribution in [0.1, 0.15) is 18.5 Å². The van der Waals surface area contributed by atoms with E-state index in [0.717, 1.165) is 0 Å². The monoisotopic (exact) mass is 388 g/mol. The van der Waals surface area contributed by atoms with Crippen molar-refractivity contribution in [1.82, 2.24) is 4.57 Å². The number of nitrogens with zero attached hydrogens (tertiary/aromatic N) is 1. The van der Waals surface area contributed by atoms with Gasteiger partial charge in [0.05, 0.1) is 5.56 Å². The predicted octanol–water partition coefficient (Wildman–Crippen LogP) is 3.45. The molecule has 26 heavy (non-hydrogen) atoms. The second kappa shape index (κ2) is 6.56. The maximum atomic E-state index is 12.9. The van der Waals surface area contributed by atoms with Crippen molar-refractivity contribution in [2.24, 2.45) is 0 Å². The van der Waals surface area contributed by atoms with Crippen LogP contribution in [0, 0.1) is 0 Å². The number of carbonyl (C=O) groups is 1. The molecular weight excluding hydrogens is 377 g/mol. The van der Waals surface area contributed by atoms with Crippen LogP contribution in [0.25, 0.3) is 0 Å². The number of rotatable bonds is 3. The Balaban J connectivity index is 1.87. The molecule has 2 heterocycles. The van der Waals surface area contributed by atoms with Crippen molar-refractivity contribution in [2.75, 3.05) is 12.1 Å². The lowest BCUT2D eigenvalue weighted by Gasteiger charge is -2.18. The van der Waals surface area contributed by atoms with Gasteiger partial charge < -0.3 is 19.4 Å². The average molecular weight is 389 g/mol. The fraction of sp³-hybridized carbons (Fsp3) is 0.250. The molecule has 0 spiro atoms. The second-order valence-corrected chi connectivity index (χ2v) is 5.93. The fourth-order valence-corrected chi connectivity index (χ4v) is 2.57.